The standard InChI is InChI=1S/C51H90O5/c1-3-5-7-9-11-13-15-17-18-19-20-21-22-23-24-25-26-27-28-29-30-31-32-34-36-38-40-42-44-46-51(54)56-49(47-52)48-55-50(53)45-43-41-39-37-35-33-16-14-12-10-8-6-4-2/h5,7,11,13-14,16-18,20-21,49,52H,3-4,6,8-10,12,15,19,22-48H2,1-2H3/b7-5-,13-11-,16-14-,18-17-,21-20-. The molecule has 5 heteroatoms. The maximum absolute atomic E-state index is 12.2. The third-order valence-corrected chi connectivity index (χ3v) is 10.3. The quantitative estimate of drug-likeness (QED) is 0.0379. The van der Waals surface area contributed by atoms with E-state index >= 15 is 0 Å². The maximum atomic E-state index is 12.2. The predicted molar refractivity (Wildman–Crippen MR) is 242 cm³/mol. The van der Waals surface area contributed by atoms with Crippen LogP contribution in [0.1, 0.15) is 232 Å². The molecule has 56 heavy (non-hydrogen) atoms. The van der Waals surface area contributed by atoms with Gasteiger partial charge in [0.2, 0.25) is 0 Å². The van der Waals surface area contributed by atoms with E-state index in [1.165, 1.54) is 135 Å². The molecule has 0 bridgehead atoms. The van der Waals surface area contributed by atoms with Crippen molar-refractivity contribution in [3.8, 4) is 0 Å². The lowest BCUT2D eigenvalue weighted by Gasteiger charge is -2.15. The summed E-state index contributed by atoms with van der Waals surface area (Å²) in [5, 5.41) is 9.59. The zero-order valence-electron chi connectivity index (χ0n) is 36.9. The molecule has 0 amide bonds. The first-order chi connectivity index (χ1) is 27.6. The lowest BCUT2D eigenvalue weighted by atomic mass is 10.0. The van der Waals surface area contributed by atoms with Crippen molar-refractivity contribution in [3.05, 3.63) is 60.8 Å². The molecule has 1 unspecified atom stereocenters. The number of hydrogen-bond donors (Lipinski definition) is 1. The molecule has 0 aromatic heterocycles. The first kappa shape index (κ1) is 53.6. The average Bonchev–Trinajstić information content (AvgIpc) is 3.20. The van der Waals surface area contributed by atoms with E-state index in [4.69, 9.17) is 9.47 Å². The van der Waals surface area contributed by atoms with Crippen LogP contribution in [0, 0.1) is 0 Å². The van der Waals surface area contributed by atoms with E-state index in [2.05, 4.69) is 74.6 Å². The van der Waals surface area contributed by atoms with Crippen LogP contribution in [-0.4, -0.2) is 36.4 Å². The van der Waals surface area contributed by atoms with Gasteiger partial charge >= 0.3 is 11.9 Å². The topological polar surface area (TPSA) is 72.8 Å². The van der Waals surface area contributed by atoms with Crippen LogP contribution < -0.4 is 0 Å². The van der Waals surface area contributed by atoms with E-state index in [9.17, 15) is 14.7 Å². The van der Waals surface area contributed by atoms with Gasteiger partial charge in [0, 0.05) is 12.8 Å². The molecule has 0 aromatic carbocycles. The Kier molecular flexibility index (Phi) is 45.0. The van der Waals surface area contributed by atoms with Crippen molar-refractivity contribution in [3.63, 3.8) is 0 Å². The van der Waals surface area contributed by atoms with Crippen LogP contribution in [0.25, 0.3) is 0 Å². The minimum absolute atomic E-state index is 0.0694. The van der Waals surface area contributed by atoms with Gasteiger partial charge in [-0.2, -0.15) is 0 Å². The number of esters is 2. The van der Waals surface area contributed by atoms with Crippen molar-refractivity contribution >= 4 is 11.9 Å². The van der Waals surface area contributed by atoms with Crippen LogP contribution in [0.3, 0.4) is 0 Å². The first-order valence-electron chi connectivity index (χ1n) is 23.8. The summed E-state index contributed by atoms with van der Waals surface area (Å²) in [6.07, 6.45) is 61.7. The van der Waals surface area contributed by atoms with E-state index < -0.39 is 6.10 Å². The zero-order chi connectivity index (χ0) is 40.7. The third kappa shape index (κ3) is 44.3. The van der Waals surface area contributed by atoms with Crippen molar-refractivity contribution in [1.29, 1.82) is 0 Å². The Labute approximate surface area is 347 Å². The highest BCUT2D eigenvalue weighted by molar-refractivity contribution is 5.70. The van der Waals surface area contributed by atoms with E-state index in [-0.39, 0.29) is 25.2 Å². The maximum Gasteiger partial charge on any atom is 0.306 e. The number of unbranched alkanes of at least 4 members (excludes halogenated alkanes) is 25. The first-order valence-corrected chi connectivity index (χ1v) is 23.8. The molecule has 0 spiro atoms. The third-order valence-electron chi connectivity index (χ3n) is 10.3. The van der Waals surface area contributed by atoms with Gasteiger partial charge in [0.25, 0.3) is 0 Å². The highest BCUT2D eigenvalue weighted by atomic mass is 16.6. The average molecular weight is 783 g/mol. The minimum Gasteiger partial charge on any atom is -0.462 e. The smallest absolute Gasteiger partial charge is 0.306 e. The van der Waals surface area contributed by atoms with Gasteiger partial charge in [0.1, 0.15) is 6.61 Å². The number of ether oxygens (including phenoxy) is 2. The normalized spacial score (nSPS) is 12.7. The van der Waals surface area contributed by atoms with Crippen LogP contribution in [0.5, 0.6) is 0 Å². The molecule has 0 radical (unpaired) electrons. The van der Waals surface area contributed by atoms with Crippen molar-refractivity contribution in [2.24, 2.45) is 0 Å². The molecule has 0 saturated heterocycles. The predicted octanol–water partition coefficient (Wildman–Crippen LogP) is 15.5. The van der Waals surface area contributed by atoms with E-state index in [1.54, 1.807) is 0 Å². The molecule has 0 rings (SSSR count). The van der Waals surface area contributed by atoms with Gasteiger partial charge in [-0.05, 0) is 77.0 Å². The summed E-state index contributed by atoms with van der Waals surface area (Å²) < 4.78 is 10.6. The number of carbonyl (C=O) groups excluding carboxylic acids is 2. The van der Waals surface area contributed by atoms with E-state index in [0.29, 0.717) is 12.8 Å². The molecule has 0 aromatic rings. The Balaban J connectivity index is 3.47. The fraction of sp³-hybridized carbons (Fsp3) is 0.765. The van der Waals surface area contributed by atoms with Crippen molar-refractivity contribution in [2.45, 2.75) is 238 Å². The fourth-order valence-corrected chi connectivity index (χ4v) is 6.72. The van der Waals surface area contributed by atoms with Crippen molar-refractivity contribution < 1.29 is 24.2 Å². The van der Waals surface area contributed by atoms with Crippen LogP contribution in [0.2, 0.25) is 0 Å². The molecule has 5 nitrogen and oxygen atoms in total. The Hall–Kier alpha value is -2.40. The highest BCUT2D eigenvalue weighted by Gasteiger charge is 2.16. The molecule has 0 fully saturated rings. The molecule has 0 aliphatic rings. The van der Waals surface area contributed by atoms with Crippen molar-refractivity contribution in [2.75, 3.05) is 13.2 Å². The Morgan fingerprint density at radius 3 is 1.18 bits per heavy atom. The van der Waals surface area contributed by atoms with E-state index in [1.807, 2.05) is 0 Å². The molecule has 1 atom stereocenters. The van der Waals surface area contributed by atoms with Gasteiger partial charge in [-0.3, -0.25) is 9.59 Å². The lowest BCUT2D eigenvalue weighted by Crippen LogP contribution is -2.28. The molecular weight excluding hydrogens is 693 g/mol. The second-order valence-corrected chi connectivity index (χ2v) is 15.8. The SMILES string of the molecule is CC/C=C\C/C=C\C/C=C\C/C=C\CCCCCCCCCCCCCCCCCCC(=O)OC(CO)COC(=O)CCCCCCC/C=C\CCCCCC. The summed E-state index contributed by atoms with van der Waals surface area (Å²) in [6, 6.07) is 0. The lowest BCUT2D eigenvalue weighted by molar-refractivity contribution is -0.161. The van der Waals surface area contributed by atoms with Crippen LogP contribution >= 0.6 is 0 Å². The molecule has 324 valence electrons. The largest absolute Gasteiger partial charge is 0.462 e. The van der Waals surface area contributed by atoms with Gasteiger partial charge in [0.05, 0.1) is 6.61 Å². The molecular formula is C51H90O5. The Morgan fingerprint density at radius 2 is 0.768 bits per heavy atom. The summed E-state index contributed by atoms with van der Waals surface area (Å²) in [5.41, 5.74) is 0. The molecule has 0 aliphatic heterocycles. The number of aliphatic hydroxyl groups is 1. The number of rotatable bonds is 43. The molecule has 0 aliphatic carbocycles. The second kappa shape index (κ2) is 47.0. The number of hydrogen-bond acceptors (Lipinski definition) is 5. The highest BCUT2D eigenvalue weighted by Crippen LogP contribution is 2.15. The summed E-state index contributed by atoms with van der Waals surface area (Å²) in [7, 11) is 0. The summed E-state index contributed by atoms with van der Waals surface area (Å²) in [6.45, 7) is 4.01. The molecule has 1 N–H and O–H groups in total. The summed E-state index contributed by atoms with van der Waals surface area (Å²) in [4.78, 5) is 24.3. The monoisotopic (exact) mass is 783 g/mol. The van der Waals surface area contributed by atoms with Crippen LogP contribution in [-0.2, 0) is 19.1 Å². The number of aliphatic hydroxyl groups excluding tert-OH is 1. The van der Waals surface area contributed by atoms with E-state index in [0.717, 1.165) is 70.6 Å². The van der Waals surface area contributed by atoms with Crippen LogP contribution in [0.15, 0.2) is 60.8 Å². The van der Waals surface area contributed by atoms with Gasteiger partial charge < -0.3 is 14.6 Å². The molecule has 0 heterocycles. The van der Waals surface area contributed by atoms with Gasteiger partial charge in [0.15, 0.2) is 6.10 Å². The minimum atomic E-state index is -0.774. The number of carbonyl (C=O) groups is 2. The van der Waals surface area contributed by atoms with Crippen LogP contribution in [0.4, 0.5) is 0 Å². The Morgan fingerprint density at radius 1 is 0.429 bits per heavy atom. The Bertz CT molecular complexity index is 977. The van der Waals surface area contributed by atoms with Gasteiger partial charge in [-0.15, -0.1) is 0 Å². The fourth-order valence-electron chi connectivity index (χ4n) is 6.72. The molecule has 0 saturated carbocycles. The summed E-state index contributed by atoms with van der Waals surface area (Å²) >= 11 is 0. The van der Waals surface area contributed by atoms with Gasteiger partial charge in [-0.1, -0.05) is 203 Å². The summed E-state index contributed by atoms with van der Waals surface area (Å²) in [5.74, 6) is -0.597. The van der Waals surface area contributed by atoms with Gasteiger partial charge in [-0.25, -0.2) is 0 Å². The van der Waals surface area contributed by atoms with Crippen molar-refractivity contribution in [1.82, 2.24) is 0 Å². The second-order valence-electron chi connectivity index (χ2n) is 15.8. The number of allylic oxidation sites excluding steroid dienone is 10. The zero-order valence-corrected chi connectivity index (χ0v) is 36.9.